The van der Waals surface area contributed by atoms with Crippen LogP contribution in [0.15, 0.2) is 30.6 Å². The summed E-state index contributed by atoms with van der Waals surface area (Å²) in [6.45, 7) is 3.75. The molecule has 1 aromatic carbocycles. The lowest BCUT2D eigenvalue weighted by molar-refractivity contribution is 0.0526. The van der Waals surface area contributed by atoms with Gasteiger partial charge in [0.1, 0.15) is 11.5 Å². The summed E-state index contributed by atoms with van der Waals surface area (Å²) in [6, 6.07) is 4.30. The molecular formula is C14H16FN3O2. The van der Waals surface area contributed by atoms with Crippen LogP contribution in [0, 0.1) is 5.82 Å². The minimum Gasteiger partial charge on any atom is -0.462 e. The largest absolute Gasteiger partial charge is 0.462 e. The highest BCUT2D eigenvalue weighted by molar-refractivity contribution is 5.88. The van der Waals surface area contributed by atoms with Crippen molar-refractivity contribution in [1.29, 1.82) is 0 Å². The van der Waals surface area contributed by atoms with E-state index in [1.54, 1.807) is 26.0 Å². The fraction of sp³-hybridized carbons (Fsp3) is 0.286. The Kier molecular flexibility index (Phi) is 4.14. The van der Waals surface area contributed by atoms with Crippen LogP contribution in [0.1, 0.15) is 35.8 Å². The van der Waals surface area contributed by atoms with Crippen molar-refractivity contribution in [3.05, 3.63) is 47.5 Å². The predicted molar refractivity (Wildman–Crippen MR) is 72.1 cm³/mol. The lowest BCUT2D eigenvalue weighted by Gasteiger charge is -2.13. The molecule has 0 radical (unpaired) electrons. The fourth-order valence-electron chi connectivity index (χ4n) is 1.91. The van der Waals surface area contributed by atoms with Gasteiger partial charge in [0.25, 0.3) is 0 Å². The number of esters is 1. The summed E-state index contributed by atoms with van der Waals surface area (Å²) in [5.41, 5.74) is 6.97. The van der Waals surface area contributed by atoms with Gasteiger partial charge in [-0.1, -0.05) is 12.1 Å². The molecule has 0 spiro atoms. The molecule has 0 unspecified atom stereocenters. The number of nitrogens with zero attached hydrogens (tertiary/aromatic N) is 2. The highest BCUT2D eigenvalue weighted by atomic mass is 19.1. The monoisotopic (exact) mass is 277 g/mol. The molecule has 106 valence electrons. The number of halogens is 1. The van der Waals surface area contributed by atoms with Crippen molar-refractivity contribution in [3.8, 4) is 5.69 Å². The highest BCUT2D eigenvalue weighted by Crippen LogP contribution is 2.23. The molecule has 2 rings (SSSR count). The van der Waals surface area contributed by atoms with Crippen LogP contribution in [0.4, 0.5) is 4.39 Å². The predicted octanol–water partition coefficient (Wildman–Crippen LogP) is 2.21. The van der Waals surface area contributed by atoms with E-state index in [0.717, 1.165) is 0 Å². The minimum atomic E-state index is -0.488. The van der Waals surface area contributed by atoms with E-state index in [0.29, 0.717) is 5.56 Å². The van der Waals surface area contributed by atoms with Gasteiger partial charge in [-0.2, -0.15) is 5.10 Å². The smallest absolute Gasteiger partial charge is 0.341 e. The molecule has 2 aromatic rings. The van der Waals surface area contributed by atoms with Crippen molar-refractivity contribution < 1.29 is 13.9 Å². The zero-order valence-corrected chi connectivity index (χ0v) is 11.3. The van der Waals surface area contributed by atoms with E-state index < -0.39 is 11.8 Å². The fourth-order valence-corrected chi connectivity index (χ4v) is 1.91. The van der Waals surface area contributed by atoms with Gasteiger partial charge in [-0.25, -0.2) is 13.9 Å². The Hall–Kier alpha value is -2.21. The molecule has 6 heteroatoms. The first kappa shape index (κ1) is 14.2. The Morgan fingerprint density at radius 3 is 2.95 bits per heavy atom. The number of hydrogen-bond acceptors (Lipinski definition) is 4. The van der Waals surface area contributed by atoms with Gasteiger partial charge in [0.2, 0.25) is 0 Å². The van der Waals surface area contributed by atoms with Gasteiger partial charge < -0.3 is 10.5 Å². The van der Waals surface area contributed by atoms with Crippen LogP contribution in [0.3, 0.4) is 0 Å². The van der Waals surface area contributed by atoms with Crippen LogP contribution in [0.2, 0.25) is 0 Å². The molecule has 0 saturated carbocycles. The summed E-state index contributed by atoms with van der Waals surface area (Å²) >= 11 is 0. The molecule has 20 heavy (non-hydrogen) atoms. The lowest BCUT2D eigenvalue weighted by atomic mass is 10.1. The molecule has 0 aliphatic heterocycles. The zero-order valence-electron chi connectivity index (χ0n) is 11.3. The van der Waals surface area contributed by atoms with Crippen molar-refractivity contribution in [2.75, 3.05) is 6.61 Å². The second-order valence-electron chi connectivity index (χ2n) is 4.36. The number of carbonyl (C=O) groups excluding carboxylic acids is 1. The summed E-state index contributed by atoms with van der Waals surface area (Å²) in [6.07, 6.45) is 2.78. The van der Waals surface area contributed by atoms with Crippen molar-refractivity contribution >= 4 is 5.97 Å². The molecule has 1 atom stereocenters. The number of para-hydroxylation sites is 1. The van der Waals surface area contributed by atoms with Crippen LogP contribution in [-0.4, -0.2) is 22.4 Å². The van der Waals surface area contributed by atoms with Gasteiger partial charge in [0.05, 0.1) is 18.4 Å². The number of hydrogen-bond donors (Lipinski definition) is 1. The Balaban J connectivity index is 2.45. The summed E-state index contributed by atoms with van der Waals surface area (Å²) in [4.78, 5) is 11.6. The molecule has 0 amide bonds. The number of nitrogens with two attached hydrogens (primary N) is 1. The number of benzene rings is 1. The van der Waals surface area contributed by atoms with Gasteiger partial charge >= 0.3 is 5.97 Å². The second-order valence-corrected chi connectivity index (χ2v) is 4.36. The van der Waals surface area contributed by atoms with E-state index in [9.17, 15) is 9.18 Å². The third-order valence-corrected chi connectivity index (χ3v) is 2.83. The molecule has 1 aromatic heterocycles. The van der Waals surface area contributed by atoms with Crippen molar-refractivity contribution in [2.45, 2.75) is 19.9 Å². The van der Waals surface area contributed by atoms with E-state index in [1.807, 2.05) is 0 Å². The SMILES string of the molecule is CCOC(=O)c1cnn(-c2c(F)cccc2[C@@H](C)N)c1. The third-order valence-electron chi connectivity index (χ3n) is 2.83. The Labute approximate surface area is 116 Å². The number of aromatic nitrogens is 2. The van der Waals surface area contributed by atoms with Crippen molar-refractivity contribution in [2.24, 2.45) is 5.73 Å². The summed E-state index contributed by atoms with van der Waals surface area (Å²) in [7, 11) is 0. The van der Waals surface area contributed by atoms with Crippen LogP contribution < -0.4 is 5.73 Å². The van der Waals surface area contributed by atoms with Crippen LogP contribution in [-0.2, 0) is 4.74 Å². The Bertz CT molecular complexity index is 623. The molecule has 2 N–H and O–H groups in total. The molecule has 0 bridgehead atoms. The van der Waals surface area contributed by atoms with Gasteiger partial charge in [0.15, 0.2) is 0 Å². The van der Waals surface area contributed by atoms with Crippen LogP contribution >= 0.6 is 0 Å². The molecule has 0 fully saturated rings. The molecular weight excluding hydrogens is 261 g/mol. The molecule has 5 nitrogen and oxygen atoms in total. The molecule has 0 saturated heterocycles. The first-order chi connectivity index (χ1) is 9.54. The van der Waals surface area contributed by atoms with Gasteiger partial charge in [0, 0.05) is 12.2 Å². The van der Waals surface area contributed by atoms with Gasteiger partial charge in [-0.15, -0.1) is 0 Å². The van der Waals surface area contributed by atoms with E-state index in [4.69, 9.17) is 10.5 Å². The Morgan fingerprint density at radius 2 is 2.30 bits per heavy atom. The lowest BCUT2D eigenvalue weighted by Crippen LogP contribution is -2.12. The maximum absolute atomic E-state index is 14.0. The maximum Gasteiger partial charge on any atom is 0.341 e. The summed E-state index contributed by atoms with van der Waals surface area (Å²) < 4.78 is 20.2. The standard InChI is InChI=1S/C14H16FN3O2/c1-3-20-14(19)10-7-17-18(8-10)13-11(9(2)16)5-4-6-12(13)15/h4-9H,3,16H2,1-2H3/t9-/m1/s1. The number of rotatable bonds is 4. The van der Waals surface area contributed by atoms with Crippen molar-refractivity contribution in [1.82, 2.24) is 9.78 Å². The normalized spacial score (nSPS) is 12.2. The maximum atomic E-state index is 14.0. The summed E-state index contributed by atoms with van der Waals surface area (Å²) in [5, 5.41) is 4.01. The van der Waals surface area contributed by atoms with Gasteiger partial charge in [-0.3, -0.25) is 0 Å². The topological polar surface area (TPSA) is 70.1 Å². The quantitative estimate of drug-likeness (QED) is 0.870. The first-order valence-corrected chi connectivity index (χ1v) is 6.30. The van der Waals surface area contributed by atoms with E-state index in [1.165, 1.54) is 23.1 Å². The van der Waals surface area contributed by atoms with Crippen molar-refractivity contribution in [3.63, 3.8) is 0 Å². The summed E-state index contributed by atoms with van der Waals surface area (Å²) in [5.74, 6) is -0.934. The third kappa shape index (κ3) is 2.70. The van der Waals surface area contributed by atoms with Gasteiger partial charge in [-0.05, 0) is 25.5 Å². The number of ether oxygens (including phenoxy) is 1. The van der Waals surface area contributed by atoms with Crippen LogP contribution in [0.25, 0.3) is 5.69 Å². The Morgan fingerprint density at radius 1 is 1.55 bits per heavy atom. The van der Waals surface area contributed by atoms with E-state index in [2.05, 4.69) is 5.10 Å². The highest BCUT2D eigenvalue weighted by Gasteiger charge is 2.16. The van der Waals surface area contributed by atoms with Crippen LogP contribution in [0.5, 0.6) is 0 Å². The second kappa shape index (κ2) is 5.83. The molecule has 1 heterocycles. The molecule has 0 aliphatic carbocycles. The first-order valence-electron chi connectivity index (χ1n) is 6.30. The van der Waals surface area contributed by atoms with E-state index >= 15 is 0 Å². The average Bonchev–Trinajstić information content (AvgIpc) is 2.88. The minimum absolute atomic E-state index is 0.248. The molecule has 0 aliphatic rings. The average molecular weight is 277 g/mol. The number of carbonyl (C=O) groups is 1. The zero-order chi connectivity index (χ0) is 14.7. The van der Waals surface area contributed by atoms with E-state index in [-0.39, 0.29) is 23.9 Å².